The van der Waals surface area contributed by atoms with Crippen molar-refractivity contribution in [2.75, 3.05) is 0 Å². The van der Waals surface area contributed by atoms with Gasteiger partial charge in [0.25, 0.3) is 0 Å². The van der Waals surface area contributed by atoms with Crippen LogP contribution in [0.25, 0.3) is 0 Å². The van der Waals surface area contributed by atoms with Crippen LogP contribution in [0.4, 0.5) is 8.78 Å². The predicted octanol–water partition coefficient (Wildman–Crippen LogP) is 1.21. The largest absolute Gasteiger partial charge is 0.477 e. The van der Waals surface area contributed by atoms with Gasteiger partial charge in [-0.25, -0.2) is 4.79 Å². The normalized spacial score (nSPS) is 11.5. The molecule has 0 spiro atoms. The Balaban J connectivity index is 2.69. The first-order valence-electron chi connectivity index (χ1n) is 3.24. The Morgan fingerprint density at radius 2 is 1.92 bits per heavy atom. The van der Waals surface area contributed by atoms with Gasteiger partial charge in [-0.1, -0.05) is 0 Å². The van der Waals surface area contributed by atoms with Gasteiger partial charge in [0.1, 0.15) is 0 Å². The van der Waals surface area contributed by atoms with E-state index in [9.17, 15) is 13.6 Å². The zero-order chi connectivity index (χ0) is 9.19. The topological polar surface area (TPSA) is 42.2 Å². The van der Waals surface area contributed by atoms with Gasteiger partial charge in [-0.05, 0) is 12.1 Å². The fraction of sp³-hybridized carbons (Fsp3) is 0.286. The molecule has 12 heavy (non-hydrogen) atoms. The lowest BCUT2D eigenvalue weighted by molar-refractivity contribution is -0.166. The van der Waals surface area contributed by atoms with E-state index in [1.54, 1.807) is 12.1 Å². The van der Waals surface area contributed by atoms with Crippen molar-refractivity contribution in [3.05, 3.63) is 24.5 Å². The van der Waals surface area contributed by atoms with Crippen molar-refractivity contribution in [3.8, 4) is 0 Å². The molecule has 0 amide bonds. The van der Waals surface area contributed by atoms with Crippen LogP contribution in [-0.2, 0) is 11.3 Å². The standard InChI is InChI=1S/C7H7F2NO2/c8-7(9,6(11)12)5-10-3-1-2-4-10/h1-4H,5H2,(H,11,12). The third-order valence-corrected chi connectivity index (χ3v) is 1.36. The summed E-state index contributed by atoms with van der Waals surface area (Å²) in [7, 11) is 0. The van der Waals surface area contributed by atoms with Crippen molar-refractivity contribution >= 4 is 5.97 Å². The Labute approximate surface area is 67.2 Å². The first-order valence-corrected chi connectivity index (χ1v) is 3.24. The van der Waals surface area contributed by atoms with Crippen LogP contribution in [-0.4, -0.2) is 21.6 Å². The number of halogens is 2. The van der Waals surface area contributed by atoms with Gasteiger partial charge in [0, 0.05) is 12.4 Å². The minimum absolute atomic E-state index is 0.824. The van der Waals surface area contributed by atoms with Crippen LogP contribution in [0, 0.1) is 0 Å². The quantitative estimate of drug-likeness (QED) is 0.750. The summed E-state index contributed by atoms with van der Waals surface area (Å²) in [5.41, 5.74) is 0. The molecular formula is C7H7F2NO2. The molecule has 0 radical (unpaired) electrons. The number of aromatic nitrogens is 1. The van der Waals surface area contributed by atoms with Gasteiger partial charge < -0.3 is 9.67 Å². The molecule has 1 N–H and O–H groups in total. The molecule has 1 aromatic rings. The number of nitrogens with zero attached hydrogens (tertiary/aromatic N) is 1. The summed E-state index contributed by atoms with van der Waals surface area (Å²) >= 11 is 0. The molecule has 0 saturated heterocycles. The van der Waals surface area contributed by atoms with E-state index in [0.717, 1.165) is 4.57 Å². The van der Waals surface area contributed by atoms with E-state index in [4.69, 9.17) is 5.11 Å². The maximum atomic E-state index is 12.5. The molecule has 1 rings (SSSR count). The second-order valence-corrected chi connectivity index (χ2v) is 2.36. The summed E-state index contributed by atoms with van der Waals surface area (Å²) in [6, 6.07) is 3.11. The molecule has 0 saturated carbocycles. The molecule has 0 atom stereocenters. The van der Waals surface area contributed by atoms with Crippen LogP contribution in [0.15, 0.2) is 24.5 Å². The summed E-state index contributed by atoms with van der Waals surface area (Å²) < 4.78 is 26.1. The molecule has 66 valence electrons. The van der Waals surface area contributed by atoms with Crippen LogP contribution in [0.3, 0.4) is 0 Å². The Morgan fingerprint density at radius 1 is 1.42 bits per heavy atom. The monoisotopic (exact) mass is 175 g/mol. The second-order valence-electron chi connectivity index (χ2n) is 2.36. The zero-order valence-corrected chi connectivity index (χ0v) is 6.08. The molecule has 0 aliphatic carbocycles. The number of aliphatic carboxylic acids is 1. The molecule has 1 aromatic heterocycles. The van der Waals surface area contributed by atoms with Crippen molar-refractivity contribution in [1.82, 2.24) is 4.57 Å². The summed E-state index contributed by atoms with van der Waals surface area (Å²) in [5, 5.41) is 8.08. The van der Waals surface area contributed by atoms with E-state index in [-0.39, 0.29) is 0 Å². The third kappa shape index (κ3) is 1.81. The van der Waals surface area contributed by atoms with Gasteiger partial charge >= 0.3 is 11.9 Å². The molecule has 0 unspecified atom stereocenters. The second kappa shape index (κ2) is 2.92. The molecule has 5 heteroatoms. The Hall–Kier alpha value is -1.39. The molecule has 0 aliphatic rings. The summed E-state index contributed by atoms with van der Waals surface area (Å²) in [6.07, 6.45) is 2.77. The highest BCUT2D eigenvalue weighted by molar-refractivity contribution is 5.75. The fourth-order valence-corrected chi connectivity index (χ4v) is 0.773. The molecule has 1 heterocycles. The van der Waals surface area contributed by atoms with Gasteiger partial charge in [-0.2, -0.15) is 8.78 Å². The molecule has 0 bridgehead atoms. The van der Waals surface area contributed by atoms with Crippen molar-refractivity contribution < 1.29 is 18.7 Å². The summed E-state index contributed by atoms with van der Waals surface area (Å²) in [5.74, 6) is -5.80. The molecule has 0 fully saturated rings. The Kier molecular flexibility index (Phi) is 2.12. The molecule has 3 nitrogen and oxygen atoms in total. The highest BCUT2D eigenvalue weighted by Crippen LogP contribution is 2.16. The lowest BCUT2D eigenvalue weighted by atomic mass is 10.3. The summed E-state index contributed by atoms with van der Waals surface area (Å²) in [4.78, 5) is 9.98. The lowest BCUT2D eigenvalue weighted by Crippen LogP contribution is -2.32. The number of carboxylic acid groups (broad SMARTS) is 1. The maximum Gasteiger partial charge on any atom is 0.376 e. The van der Waals surface area contributed by atoms with E-state index in [2.05, 4.69) is 0 Å². The van der Waals surface area contributed by atoms with Crippen molar-refractivity contribution in [2.24, 2.45) is 0 Å². The van der Waals surface area contributed by atoms with Crippen LogP contribution >= 0.6 is 0 Å². The number of hydrogen-bond acceptors (Lipinski definition) is 1. The van der Waals surface area contributed by atoms with Crippen molar-refractivity contribution in [2.45, 2.75) is 12.5 Å². The molecule has 0 aliphatic heterocycles. The van der Waals surface area contributed by atoms with Crippen LogP contribution in [0.1, 0.15) is 0 Å². The maximum absolute atomic E-state index is 12.5. The van der Waals surface area contributed by atoms with E-state index in [1.165, 1.54) is 12.4 Å². The number of rotatable bonds is 3. The number of alkyl halides is 2. The van der Waals surface area contributed by atoms with Crippen LogP contribution in [0.5, 0.6) is 0 Å². The van der Waals surface area contributed by atoms with E-state index >= 15 is 0 Å². The van der Waals surface area contributed by atoms with Gasteiger partial charge in [-0.15, -0.1) is 0 Å². The number of carbonyl (C=O) groups is 1. The van der Waals surface area contributed by atoms with Crippen molar-refractivity contribution in [1.29, 1.82) is 0 Å². The first kappa shape index (κ1) is 8.70. The van der Waals surface area contributed by atoms with Gasteiger partial charge in [0.2, 0.25) is 0 Å². The Morgan fingerprint density at radius 3 is 2.33 bits per heavy atom. The smallest absolute Gasteiger partial charge is 0.376 e. The van der Waals surface area contributed by atoms with E-state index in [0.29, 0.717) is 0 Å². The Bertz CT molecular complexity index is 269. The molecule has 0 aromatic carbocycles. The lowest BCUT2D eigenvalue weighted by Gasteiger charge is -2.11. The van der Waals surface area contributed by atoms with E-state index < -0.39 is 18.4 Å². The summed E-state index contributed by atoms with van der Waals surface area (Å²) in [6.45, 7) is -0.824. The van der Waals surface area contributed by atoms with Crippen LogP contribution < -0.4 is 0 Å². The SMILES string of the molecule is O=C(O)C(F)(F)Cn1cccc1. The highest BCUT2D eigenvalue weighted by Gasteiger charge is 2.38. The minimum atomic E-state index is -3.70. The average Bonchev–Trinajstić information content (AvgIpc) is 2.38. The van der Waals surface area contributed by atoms with Gasteiger partial charge in [0.05, 0.1) is 6.54 Å². The number of carboxylic acids is 1. The zero-order valence-electron chi connectivity index (χ0n) is 6.08. The number of hydrogen-bond donors (Lipinski definition) is 1. The van der Waals surface area contributed by atoms with Crippen LogP contribution in [0.2, 0.25) is 0 Å². The van der Waals surface area contributed by atoms with Gasteiger partial charge in [0.15, 0.2) is 0 Å². The molecular weight excluding hydrogens is 168 g/mol. The first-order chi connectivity index (χ1) is 5.52. The average molecular weight is 175 g/mol. The van der Waals surface area contributed by atoms with Crippen molar-refractivity contribution in [3.63, 3.8) is 0 Å². The fourth-order valence-electron chi connectivity index (χ4n) is 0.773. The minimum Gasteiger partial charge on any atom is -0.477 e. The van der Waals surface area contributed by atoms with Gasteiger partial charge in [-0.3, -0.25) is 0 Å². The predicted molar refractivity (Wildman–Crippen MR) is 37.0 cm³/mol. The highest BCUT2D eigenvalue weighted by atomic mass is 19.3. The third-order valence-electron chi connectivity index (χ3n) is 1.36. The van der Waals surface area contributed by atoms with E-state index in [1.807, 2.05) is 0 Å².